The summed E-state index contributed by atoms with van der Waals surface area (Å²) < 4.78 is 12.7. The molecule has 2 rings (SSSR count). The molecular weight excluding hydrogens is 139 g/mol. The molecule has 1 aromatic rings. The molecule has 0 radical (unpaired) electrons. The Morgan fingerprint density at radius 3 is 3.09 bits per heavy atom. The van der Waals surface area contributed by atoms with Gasteiger partial charge in [0.1, 0.15) is 5.82 Å². The predicted molar refractivity (Wildman–Crippen MR) is 43.1 cm³/mol. The van der Waals surface area contributed by atoms with Crippen LogP contribution in [0.4, 0.5) is 4.39 Å². The number of hydrogen-bond acceptors (Lipinski definition) is 0. The highest BCUT2D eigenvalue weighted by atomic mass is 19.1. The minimum absolute atomic E-state index is 0.0992. The van der Waals surface area contributed by atoms with Crippen molar-refractivity contribution in [3.8, 4) is 0 Å². The van der Waals surface area contributed by atoms with E-state index in [-0.39, 0.29) is 5.82 Å². The Bertz CT molecular complexity index is 278. The average molecular weight is 150 g/mol. The molecule has 0 nitrogen and oxygen atoms in total. The van der Waals surface area contributed by atoms with Gasteiger partial charge in [0, 0.05) is 0 Å². The molecule has 1 aliphatic rings. The van der Waals surface area contributed by atoms with E-state index in [9.17, 15) is 4.39 Å². The minimum Gasteiger partial charge on any atom is -0.207 e. The van der Waals surface area contributed by atoms with Crippen molar-refractivity contribution in [2.75, 3.05) is 0 Å². The van der Waals surface area contributed by atoms with Crippen molar-refractivity contribution in [1.82, 2.24) is 0 Å². The number of fused-ring (bicyclic) bond motifs is 1. The number of hydrogen-bond donors (Lipinski definition) is 0. The zero-order valence-electron chi connectivity index (χ0n) is 6.60. The molecule has 0 bridgehead atoms. The van der Waals surface area contributed by atoms with E-state index in [1.807, 2.05) is 6.07 Å². The largest absolute Gasteiger partial charge is 0.207 e. The maximum Gasteiger partial charge on any atom is 0.123 e. The Balaban J connectivity index is 2.50. The number of benzene rings is 1. The smallest absolute Gasteiger partial charge is 0.123 e. The van der Waals surface area contributed by atoms with Gasteiger partial charge in [-0.25, -0.2) is 4.39 Å². The van der Waals surface area contributed by atoms with Gasteiger partial charge < -0.3 is 0 Å². The van der Waals surface area contributed by atoms with Crippen LogP contribution in [-0.2, 0) is 6.42 Å². The van der Waals surface area contributed by atoms with E-state index >= 15 is 0 Å². The van der Waals surface area contributed by atoms with Gasteiger partial charge in [-0.1, -0.05) is 13.0 Å². The van der Waals surface area contributed by atoms with Gasteiger partial charge in [-0.2, -0.15) is 0 Å². The lowest BCUT2D eigenvalue weighted by atomic mass is 10.0. The first-order valence-electron chi connectivity index (χ1n) is 4.05. The molecule has 0 saturated carbocycles. The summed E-state index contributed by atoms with van der Waals surface area (Å²) in [5.41, 5.74) is 2.55. The average Bonchev–Trinajstić information content (AvgIpc) is 2.32. The van der Waals surface area contributed by atoms with Crippen LogP contribution in [0.1, 0.15) is 30.4 Å². The fourth-order valence-corrected chi connectivity index (χ4v) is 1.80. The fourth-order valence-electron chi connectivity index (χ4n) is 1.80. The third kappa shape index (κ3) is 1.05. The predicted octanol–water partition coefficient (Wildman–Crippen LogP) is 2.88. The second-order valence-electron chi connectivity index (χ2n) is 3.28. The topological polar surface area (TPSA) is 0 Å². The summed E-state index contributed by atoms with van der Waals surface area (Å²) in [5.74, 6) is 0.531. The molecule has 1 aliphatic carbocycles. The molecule has 1 atom stereocenters. The molecule has 1 aromatic carbocycles. The molecular formula is C10H11F. The third-order valence-electron chi connectivity index (χ3n) is 2.48. The van der Waals surface area contributed by atoms with E-state index in [0.29, 0.717) is 5.92 Å². The maximum atomic E-state index is 12.7. The second kappa shape index (κ2) is 2.33. The summed E-state index contributed by atoms with van der Waals surface area (Å²) in [7, 11) is 0. The van der Waals surface area contributed by atoms with Crippen molar-refractivity contribution in [1.29, 1.82) is 0 Å². The van der Waals surface area contributed by atoms with Crippen LogP contribution in [0.2, 0.25) is 0 Å². The summed E-state index contributed by atoms with van der Waals surface area (Å²) in [6.07, 6.45) is 2.23. The van der Waals surface area contributed by atoms with E-state index in [0.717, 1.165) is 6.42 Å². The SMILES string of the molecule is C[C@@H]1CCc2cc(F)ccc21. The van der Waals surface area contributed by atoms with Crippen LogP contribution in [0.15, 0.2) is 18.2 Å². The Kier molecular flexibility index (Phi) is 1.45. The number of halogens is 1. The van der Waals surface area contributed by atoms with Crippen molar-refractivity contribution in [2.45, 2.75) is 25.7 Å². The van der Waals surface area contributed by atoms with Crippen LogP contribution in [-0.4, -0.2) is 0 Å². The summed E-state index contributed by atoms with van der Waals surface area (Å²) in [5, 5.41) is 0. The van der Waals surface area contributed by atoms with Gasteiger partial charge in [-0.3, -0.25) is 0 Å². The lowest BCUT2D eigenvalue weighted by molar-refractivity contribution is 0.626. The monoisotopic (exact) mass is 150 g/mol. The highest BCUT2D eigenvalue weighted by Gasteiger charge is 2.17. The summed E-state index contributed by atoms with van der Waals surface area (Å²) in [6, 6.07) is 5.14. The molecule has 1 heteroatoms. The Labute approximate surface area is 66.1 Å². The normalized spacial score (nSPS) is 21.8. The molecule has 58 valence electrons. The first kappa shape index (κ1) is 6.84. The van der Waals surface area contributed by atoms with Crippen molar-refractivity contribution in [3.63, 3.8) is 0 Å². The quantitative estimate of drug-likeness (QED) is 0.533. The second-order valence-corrected chi connectivity index (χ2v) is 3.28. The Morgan fingerprint density at radius 1 is 1.45 bits per heavy atom. The van der Waals surface area contributed by atoms with Gasteiger partial charge in [0.2, 0.25) is 0 Å². The van der Waals surface area contributed by atoms with E-state index in [4.69, 9.17) is 0 Å². The van der Waals surface area contributed by atoms with Gasteiger partial charge in [-0.05, 0) is 42.0 Å². The van der Waals surface area contributed by atoms with Crippen LogP contribution in [0.5, 0.6) is 0 Å². The molecule has 0 spiro atoms. The van der Waals surface area contributed by atoms with Crippen molar-refractivity contribution < 1.29 is 4.39 Å². The molecule has 0 fully saturated rings. The molecule has 0 aliphatic heterocycles. The molecule has 0 aromatic heterocycles. The van der Waals surface area contributed by atoms with Gasteiger partial charge in [0.05, 0.1) is 0 Å². The van der Waals surface area contributed by atoms with Crippen LogP contribution in [0, 0.1) is 5.82 Å². The van der Waals surface area contributed by atoms with Crippen LogP contribution >= 0.6 is 0 Å². The summed E-state index contributed by atoms with van der Waals surface area (Å²) in [4.78, 5) is 0. The zero-order valence-corrected chi connectivity index (χ0v) is 6.60. The summed E-state index contributed by atoms with van der Waals surface area (Å²) >= 11 is 0. The Hall–Kier alpha value is -0.850. The standard InChI is InChI=1S/C10H11F/c1-7-2-3-8-6-9(11)4-5-10(7)8/h4-7H,2-3H2,1H3/t7-/m1/s1. The fraction of sp³-hybridized carbons (Fsp3) is 0.400. The minimum atomic E-state index is -0.0992. The van der Waals surface area contributed by atoms with Crippen molar-refractivity contribution >= 4 is 0 Å². The maximum absolute atomic E-state index is 12.7. The van der Waals surface area contributed by atoms with Crippen LogP contribution < -0.4 is 0 Å². The molecule has 0 amide bonds. The van der Waals surface area contributed by atoms with E-state index in [2.05, 4.69) is 6.92 Å². The van der Waals surface area contributed by atoms with Gasteiger partial charge in [-0.15, -0.1) is 0 Å². The van der Waals surface area contributed by atoms with E-state index in [1.165, 1.54) is 17.5 Å². The first-order chi connectivity index (χ1) is 5.27. The van der Waals surface area contributed by atoms with Gasteiger partial charge in [0.15, 0.2) is 0 Å². The van der Waals surface area contributed by atoms with Crippen molar-refractivity contribution in [2.24, 2.45) is 0 Å². The molecule has 0 saturated heterocycles. The van der Waals surface area contributed by atoms with E-state index < -0.39 is 0 Å². The number of rotatable bonds is 0. The molecule has 11 heavy (non-hydrogen) atoms. The number of aryl methyl sites for hydroxylation is 1. The molecule has 0 unspecified atom stereocenters. The molecule has 0 N–H and O–H groups in total. The Morgan fingerprint density at radius 2 is 2.27 bits per heavy atom. The van der Waals surface area contributed by atoms with Crippen molar-refractivity contribution in [3.05, 3.63) is 35.1 Å². The highest BCUT2D eigenvalue weighted by molar-refractivity contribution is 5.34. The lowest BCUT2D eigenvalue weighted by Crippen LogP contribution is -1.86. The first-order valence-corrected chi connectivity index (χ1v) is 4.05. The lowest BCUT2D eigenvalue weighted by Gasteiger charge is -2.02. The summed E-state index contributed by atoms with van der Waals surface area (Å²) in [6.45, 7) is 2.20. The third-order valence-corrected chi connectivity index (χ3v) is 2.48. The van der Waals surface area contributed by atoms with Crippen LogP contribution in [0.25, 0.3) is 0 Å². The zero-order chi connectivity index (χ0) is 7.84. The van der Waals surface area contributed by atoms with Gasteiger partial charge in [0.25, 0.3) is 0 Å². The van der Waals surface area contributed by atoms with E-state index in [1.54, 1.807) is 12.1 Å². The van der Waals surface area contributed by atoms with Crippen LogP contribution in [0.3, 0.4) is 0 Å². The highest BCUT2D eigenvalue weighted by Crippen LogP contribution is 2.32. The van der Waals surface area contributed by atoms with Gasteiger partial charge >= 0.3 is 0 Å². The molecule has 0 heterocycles.